The molecule has 3 aromatic rings. The van der Waals surface area contributed by atoms with Crippen LogP contribution in [-0.4, -0.2) is 63.0 Å². The van der Waals surface area contributed by atoms with Gasteiger partial charge in [0.25, 0.3) is 0 Å². The number of benzene rings is 1. The number of halogens is 1. The summed E-state index contributed by atoms with van der Waals surface area (Å²) in [5.74, 6) is 0.100. The van der Waals surface area contributed by atoms with E-state index in [-0.39, 0.29) is 12.5 Å². The van der Waals surface area contributed by atoms with Crippen molar-refractivity contribution in [3.8, 4) is 11.1 Å². The van der Waals surface area contributed by atoms with Gasteiger partial charge in [-0.15, -0.1) is 0 Å². The minimum Gasteiger partial charge on any atom is -0.367 e. The highest BCUT2D eigenvalue weighted by Gasteiger charge is 2.24. The van der Waals surface area contributed by atoms with E-state index >= 15 is 0 Å². The molecule has 0 saturated carbocycles. The van der Waals surface area contributed by atoms with Crippen LogP contribution in [0.2, 0.25) is 5.02 Å². The number of thioether (sulfide) groups is 1. The SMILES string of the molecule is CSc1ncc(-c2cc(Cl)ccc2N2CCN(C(=O)Cn3nc(C)cc3C)CC2)cn1. The predicted octanol–water partition coefficient (Wildman–Crippen LogP) is 3.68. The number of aryl methyl sites for hydroxylation is 2. The quantitative estimate of drug-likeness (QED) is 0.431. The van der Waals surface area contributed by atoms with Gasteiger partial charge < -0.3 is 9.80 Å². The van der Waals surface area contributed by atoms with E-state index in [4.69, 9.17) is 11.6 Å². The van der Waals surface area contributed by atoms with Crippen LogP contribution in [0.3, 0.4) is 0 Å². The van der Waals surface area contributed by atoms with Gasteiger partial charge in [0.1, 0.15) is 6.54 Å². The van der Waals surface area contributed by atoms with Gasteiger partial charge in [0, 0.05) is 66.1 Å². The molecular weight excluding hydrogens is 432 g/mol. The first-order chi connectivity index (χ1) is 14.9. The highest BCUT2D eigenvalue weighted by molar-refractivity contribution is 7.98. The van der Waals surface area contributed by atoms with E-state index in [9.17, 15) is 4.79 Å². The minimum absolute atomic E-state index is 0.100. The number of nitrogens with zero attached hydrogens (tertiary/aromatic N) is 6. The van der Waals surface area contributed by atoms with Crippen molar-refractivity contribution >= 4 is 35.0 Å². The Bertz CT molecular complexity index is 1080. The van der Waals surface area contributed by atoms with Gasteiger partial charge in [-0.2, -0.15) is 5.10 Å². The first-order valence-corrected chi connectivity index (χ1v) is 11.7. The van der Waals surface area contributed by atoms with Crippen molar-refractivity contribution in [3.63, 3.8) is 0 Å². The fourth-order valence-electron chi connectivity index (χ4n) is 3.84. The van der Waals surface area contributed by atoms with E-state index in [1.165, 1.54) is 11.8 Å². The summed E-state index contributed by atoms with van der Waals surface area (Å²) >= 11 is 7.81. The number of aromatic nitrogens is 4. The Labute approximate surface area is 191 Å². The molecule has 0 N–H and O–H groups in total. The number of carbonyl (C=O) groups is 1. The molecule has 1 aliphatic rings. The number of rotatable bonds is 5. The number of anilines is 1. The van der Waals surface area contributed by atoms with E-state index in [1.54, 1.807) is 4.68 Å². The van der Waals surface area contributed by atoms with Gasteiger partial charge in [0.2, 0.25) is 5.91 Å². The summed E-state index contributed by atoms with van der Waals surface area (Å²) < 4.78 is 1.78. The Balaban J connectivity index is 1.47. The molecule has 0 bridgehead atoms. The maximum Gasteiger partial charge on any atom is 0.244 e. The third kappa shape index (κ3) is 4.85. The van der Waals surface area contributed by atoms with Crippen molar-refractivity contribution in [2.75, 3.05) is 37.3 Å². The lowest BCUT2D eigenvalue weighted by Crippen LogP contribution is -2.49. The lowest BCUT2D eigenvalue weighted by molar-refractivity contribution is -0.132. The largest absolute Gasteiger partial charge is 0.367 e. The van der Waals surface area contributed by atoms with Crippen LogP contribution in [0, 0.1) is 13.8 Å². The Morgan fingerprint density at radius 1 is 1.10 bits per heavy atom. The normalized spacial score (nSPS) is 14.2. The highest BCUT2D eigenvalue weighted by Crippen LogP contribution is 2.33. The summed E-state index contributed by atoms with van der Waals surface area (Å²) in [4.78, 5) is 25.8. The van der Waals surface area contributed by atoms with Crippen molar-refractivity contribution in [3.05, 3.63) is 53.1 Å². The number of piperazine rings is 1. The van der Waals surface area contributed by atoms with Gasteiger partial charge in [0.15, 0.2) is 5.16 Å². The highest BCUT2D eigenvalue weighted by atomic mass is 35.5. The van der Waals surface area contributed by atoms with Crippen molar-refractivity contribution < 1.29 is 4.79 Å². The zero-order valence-corrected chi connectivity index (χ0v) is 19.4. The molecule has 31 heavy (non-hydrogen) atoms. The van der Waals surface area contributed by atoms with Gasteiger partial charge in [-0.1, -0.05) is 23.4 Å². The van der Waals surface area contributed by atoms with Gasteiger partial charge >= 0.3 is 0 Å². The van der Waals surface area contributed by atoms with Crippen LogP contribution in [0.4, 0.5) is 5.69 Å². The lowest BCUT2D eigenvalue weighted by atomic mass is 10.1. The molecule has 4 rings (SSSR count). The Kier molecular flexibility index (Phi) is 6.48. The third-order valence-electron chi connectivity index (χ3n) is 5.44. The summed E-state index contributed by atoms with van der Waals surface area (Å²) in [5.41, 5.74) is 4.95. The van der Waals surface area contributed by atoms with E-state index in [1.807, 2.05) is 61.7 Å². The van der Waals surface area contributed by atoms with Gasteiger partial charge in [-0.05, 0) is 44.4 Å². The van der Waals surface area contributed by atoms with Crippen LogP contribution in [0.1, 0.15) is 11.4 Å². The second-order valence-corrected chi connectivity index (χ2v) is 8.78. The van der Waals surface area contributed by atoms with Crippen LogP contribution < -0.4 is 4.90 Å². The summed E-state index contributed by atoms with van der Waals surface area (Å²) in [6, 6.07) is 7.88. The van der Waals surface area contributed by atoms with E-state index in [0.29, 0.717) is 18.1 Å². The second-order valence-electron chi connectivity index (χ2n) is 7.57. The van der Waals surface area contributed by atoms with Crippen molar-refractivity contribution in [2.24, 2.45) is 0 Å². The maximum atomic E-state index is 12.8. The molecule has 1 aromatic carbocycles. The molecule has 9 heteroatoms. The fourth-order valence-corrected chi connectivity index (χ4v) is 4.32. The van der Waals surface area contributed by atoms with Crippen LogP contribution >= 0.6 is 23.4 Å². The molecule has 7 nitrogen and oxygen atoms in total. The zero-order chi connectivity index (χ0) is 22.0. The number of carbonyl (C=O) groups excluding carboxylic acids is 1. The summed E-state index contributed by atoms with van der Waals surface area (Å²) in [7, 11) is 0. The van der Waals surface area contributed by atoms with Crippen LogP contribution in [-0.2, 0) is 11.3 Å². The predicted molar refractivity (Wildman–Crippen MR) is 125 cm³/mol. The molecule has 0 unspecified atom stereocenters. The molecule has 162 valence electrons. The Morgan fingerprint density at radius 3 is 2.42 bits per heavy atom. The van der Waals surface area contributed by atoms with Crippen LogP contribution in [0.15, 0.2) is 41.8 Å². The zero-order valence-electron chi connectivity index (χ0n) is 17.9. The second kappa shape index (κ2) is 9.28. The first kappa shape index (κ1) is 21.6. The van der Waals surface area contributed by atoms with Crippen molar-refractivity contribution in [2.45, 2.75) is 25.5 Å². The van der Waals surface area contributed by atoms with Gasteiger partial charge in [-0.3, -0.25) is 9.48 Å². The molecule has 0 radical (unpaired) electrons. The summed E-state index contributed by atoms with van der Waals surface area (Å²) in [5, 5.41) is 5.82. The Morgan fingerprint density at radius 2 is 1.81 bits per heavy atom. The molecular formula is C22H25ClN6OS. The van der Waals surface area contributed by atoms with Crippen molar-refractivity contribution in [1.82, 2.24) is 24.6 Å². The molecule has 0 atom stereocenters. The summed E-state index contributed by atoms with van der Waals surface area (Å²) in [6.07, 6.45) is 5.62. The van der Waals surface area contributed by atoms with Gasteiger partial charge in [0.05, 0.1) is 5.69 Å². The molecule has 2 aromatic heterocycles. The molecule has 1 fully saturated rings. The molecule has 3 heterocycles. The average Bonchev–Trinajstić information content (AvgIpc) is 3.10. The maximum absolute atomic E-state index is 12.8. The molecule has 0 spiro atoms. The standard InChI is InChI=1S/C22H25ClN6OS/c1-15-10-16(2)29(26-15)14-21(30)28-8-6-27(7-9-28)20-5-4-18(23)11-19(20)17-12-24-22(31-3)25-13-17/h4-5,10-13H,6-9,14H2,1-3H3. The number of hydrogen-bond acceptors (Lipinski definition) is 6. The first-order valence-electron chi connectivity index (χ1n) is 10.1. The van der Waals surface area contributed by atoms with Gasteiger partial charge in [-0.25, -0.2) is 9.97 Å². The van der Waals surface area contributed by atoms with E-state index in [2.05, 4.69) is 20.0 Å². The number of hydrogen-bond donors (Lipinski definition) is 0. The average molecular weight is 457 g/mol. The Hall–Kier alpha value is -2.58. The summed E-state index contributed by atoms with van der Waals surface area (Å²) in [6.45, 7) is 7.04. The monoisotopic (exact) mass is 456 g/mol. The topological polar surface area (TPSA) is 67.2 Å². The number of amides is 1. The van der Waals surface area contributed by atoms with Crippen LogP contribution in [0.5, 0.6) is 0 Å². The van der Waals surface area contributed by atoms with E-state index in [0.717, 1.165) is 46.4 Å². The molecule has 0 aliphatic carbocycles. The smallest absolute Gasteiger partial charge is 0.244 e. The lowest BCUT2D eigenvalue weighted by Gasteiger charge is -2.37. The molecule has 1 amide bonds. The molecule has 1 aliphatic heterocycles. The van der Waals surface area contributed by atoms with Crippen LogP contribution in [0.25, 0.3) is 11.1 Å². The van der Waals surface area contributed by atoms with Crippen molar-refractivity contribution in [1.29, 1.82) is 0 Å². The minimum atomic E-state index is 0.100. The fraction of sp³-hybridized carbons (Fsp3) is 0.364. The molecule has 1 saturated heterocycles. The van der Waals surface area contributed by atoms with E-state index < -0.39 is 0 Å². The third-order valence-corrected chi connectivity index (χ3v) is 6.25.